The number of likely N-dealkylation sites (N-methyl/N-ethyl adjacent to an activating group) is 1. The van der Waals surface area contributed by atoms with Crippen LogP contribution in [0.1, 0.15) is 25.3 Å². The maximum Gasteiger partial charge on any atom is 0.410 e. The Morgan fingerprint density at radius 2 is 2.09 bits per heavy atom. The van der Waals surface area contributed by atoms with E-state index in [1.165, 1.54) is 0 Å². The summed E-state index contributed by atoms with van der Waals surface area (Å²) in [5, 5.41) is 0. The minimum atomic E-state index is -0.528. The third kappa shape index (κ3) is 4.69. The Hall–Kier alpha value is -2.08. The van der Waals surface area contributed by atoms with Crippen molar-refractivity contribution in [3.8, 4) is 0 Å². The van der Waals surface area contributed by atoms with Crippen molar-refractivity contribution in [2.45, 2.75) is 38.5 Å². The van der Waals surface area contributed by atoms with Gasteiger partial charge in [-0.2, -0.15) is 0 Å². The molecule has 0 radical (unpaired) electrons. The van der Waals surface area contributed by atoms with Gasteiger partial charge in [-0.25, -0.2) is 4.79 Å². The monoisotopic (exact) mass is 319 g/mol. The molecule has 1 saturated heterocycles. The number of nitrogens with two attached hydrogens (primary N) is 1. The normalized spacial score (nSPS) is 18.6. The Labute approximate surface area is 137 Å². The van der Waals surface area contributed by atoms with Crippen LogP contribution < -0.4 is 5.73 Å². The van der Waals surface area contributed by atoms with Crippen LogP contribution in [-0.4, -0.2) is 54.0 Å². The molecule has 1 heterocycles. The van der Waals surface area contributed by atoms with Crippen molar-refractivity contribution >= 4 is 12.0 Å². The van der Waals surface area contributed by atoms with Gasteiger partial charge in [-0.05, 0) is 25.3 Å². The highest BCUT2D eigenvalue weighted by Crippen LogP contribution is 2.19. The van der Waals surface area contributed by atoms with Crippen molar-refractivity contribution in [3.63, 3.8) is 0 Å². The topological polar surface area (TPSA) is 75.9 Å². The summed E-state index contributed by atoms with van der Waals surface area (Å²) in [6.07, 6.45) is 1.47. The van der Waals surface area contributed by atoms with Crippen molar-refractivity contribution < 1.29 is 14.3 Å². The lowest BCUT2D eigenvalue weighted by molar-refractivity contribution is -0.131. The summed E-state index contributed by atoms with van der Waals surface area (Å²) < 4.78 is 5.39. The maximum absolute atomic E-state index is 12.3. The lowest BCUT2D eigenvalue weighted by atomic mass is 10.2. The van der Waals surface area contributed by atoms with Crippen molar-refractivity contribution in [1.29, 1.82) is 0 Å². The Morgan fingerprint density at radius 1 is 1.39 bits per heavy atom. The number of amides is 2. The van der Waals surface area contributed by atoms with Gasteiger partial charge in [-0.1, -0.05) is 30.3 Å². The van der Waals surface area contributed by atoms with Gasteiger partial charge in [0.25, 0.3) is 0 Å². The molecule has 2 N–H and O–H groups in total. The Morgan fingerprint density at radius 3 is 2.74 bits per heavy atom. The first-order chi connectivity index (χ1) is 11.0. The zero-order valence-corrected chi connectivity index (χ0v) is 13.8. The van der Waals surface area contributed by atoms with E-state index in [4.69, 9.17) is 10.5 Å². The van der Waals surface area contributed by atoms with E-state index >= 15 is 0 Å². The smallest absolute Gasteiger partial charge is 0.410 e. The Bertz CT molecular complexity index is 533. The summed E-state index contributed by atoms with van der Waals surface area (Å²) in [6, 6.07) is 9.05. The zero-order valence-electron chi connectivity index (χ0n) is 13.8. The average molecular weight is 319 g/mol. The molecule has 0 aromatic heterocycles. The van der Waals surface area contributed by atoms with E-state index in [0.717, 1.165) is 18.4 Å². The summed E-state index contributed by atoms with van der Waals surface area (Å²) in [5.41, 5.74) is 6.58. The molecule has 2 unspecified atom stereocenters. The highest BCUT2D eigenvalue weighted by molar-refractivity contribution is 5.81. The van der Waals surface area contributed by atoms with E-state index < -0.39 is 6.04 Å². The first-order valence-corrected chi connectivity index (χ1v) is 7.97. The number of benzene rings is 1. The number of ether oxygens (including phenoxy) is 1. The summed E-state index contributed by atoms with van der Waals surface area (Å²) in [6.45, 7) is 3.08. The third-order valence-electron chi connectivity index (χ3n) is 4.07. The SMILES string of the molecule is CC(N)C(=O)N(C)CC1CCCN1C(=O)OCc1ccccc1. The van der Waals surface area contributed by atoms with Crippen LogP contribution in [0.15, 0.2) is 30.3 Å². The average Bonchev–Trinajstić information content (AvgIpc) is 3.00. The number of hydrogen-bond acceptors (Lipinski definition) is 4. The van der Waals surface area contributed by atoms with E-state index in [0.29, 0.717) is 13.1 Å². The van der Waals surface area contributed by atoms with Crippen molar-refractivity contribution in [2.24, 2.45) is 5.73 Å². The molecule has 6 heteroatoms. The van der Waals surface area contributed by atoms with Gasteiger partial charge in [-0.15, -0.1) is 0 Å². The minimum absolute atomic E-state index is 0.00836. The molecule has 2 atom stereocenters. The molecule has 1 aliphatic rings. The van der Waals surface area contributed by atoms with Crippen LogP contribution in [0.2, 0.25) is 0 Å². The highest BCUT2D eigenvalue weighted by Gasteiger charge is 2.31. The second-order valence-corrected chi connectivity index (χ2v) is 6.04. The van der Waals surface area contributed by atoms with Gasteiger partial charge in [0.1, 0.15) is 6.61 Å². The standard InChI is InChI=1S/C17H25N3O3/c1-13(18)16(21)19(2)11-15-9-6-10-20(15)17(22)23-12-14-7-4-3-5-8-14/h3-5,7-8,13,15H,6,9-12,18H2,1-2H3. The first-order valence-electron chi connectivity index (χ1n) is 7.97. The van der Waals surface area contributed by atoms with E-state index in [1.807, 2.05) is 30.3 Å². The summed E-state index contributed by atoms with van der Waals surface area (Å²) in [5.74, 6) is -0.116. The van der Waals surface area contributed by atoms with Crippen molar-refractivity contribution in [2.75, 3.05) is 20.1 Å². The molecular formula is C17H25N3O3. The number of carbonyl (C=O) groups excluding carboxylic acids is 2. The van der Waals surface area contributed by atoms with E-state index in [9.17, 15) is 9.59 Å². The summed E-state index contributed by atoms with van der Waals surface area (Å²) in [4.78, 5) is 27.5. The third-order valence-corrected chi connectivity index (χ3v) is 4.07. The van der Waals surface area contributed by atoms with Crippen LogP contribution in [0.25, 0.3) is 0 Å². The van der Waals surface area contributed by atoms with Crippen LogP contribution in [-0.2, 0) is 16.1 Å². The lowest BCUT2D eigenvalue weighted by Crippen LogP contribution is -2.47. The fourth-order valence-electron chi connectivity index (χ4n) is 2.82. The fourth-order valence-corrected chi connectivity index (χ4v) is 2.82. The van der Waals surface area contributed by atoms with Crippen LogP contribution in [0.5, 0.6) is 0 Å². The molecule has 0 bridgehead atoms. The van der Waals surface area contributed by atoms with Gasteiger partial charge in [0, 0.05) is 20.1 Å². The number of rotatable bonds is 5. The van der Waals surface area contributed by atoms with E-state index in [1.54, 1.807) is 23.8 Å². The quantitative estimate of drug-likeness (QED) is 0.894. The largest absolute Gasteiger partial charge is 0.445 e. The van der Waals surface area contributed by atoms with E-state index in [2.05, 4.69) is 0 Å². The molecular weight excluding hydrogens is 294 g/mol. The van der Waals surface area contributed by atoms with Gasteiger partial charge in [-0.3, -0.25) is 4.79 Å². The molecule has 6 nitrogen and oxygen atoms in total. The van der Waals surface area contributed by atoms with Gasteiger partial charge in [0.05, 0.1) is 12.1 Å². The van der Waals surface area contributed by atoms with E-state index in [-0.39, 0.29) is 24.6 Å². The molecule has 0 spiro atoms. The van der Waals surface area contributed by atoms with Gasteiger partial charge < -0.3 is 20.3 Å². The van der Waals surface area contributed by atoms with Crippen LogP contribution in [0, 0.1) is 0 Å². The van der Waals surface area contributed by atoms with Crippen molar-refractivity contribution in [3.05, 3.63) is 35.9 Å². The van der Waals surface area contributed by atoms with Crippen LogP contribution in [0.4, 0.5) is 4.79 Å². The molecule has 0 aliphatic carbocycles. The molecule has 0 saturated carbocycles. The molecule has 126 valence electrons. The summed E-state index contributed by atoms with van der Waals surface area (Å²) >= 11 is 0. The lowest BCUT2D eigenvalue weighted by Gasteiger charge is -2.29. The predicted octanol–water partition coefficient (Wildman–Crippen LogP) is 1.59. The molecule has 1 aromatic rings. The van der Waals surface area contributed by atoms with Gasteiger partial charge in [0.15, 0.2) is 0 Å². The second-order valence-electron chi connectivity index (χ2n) is 6.04. The molecule has 1 fully saturated rings. The molecule has 2 rings (SSSR count). The van der Waals surface area contributed by atoms with Crippen LogP contribution >= 0.6 is 0 Å². The Balaban J connectivity index is 1.87. The number of hydrogen-bond donors (Lipinski definition) is 1. The predicted molar refractivity (Wildman–Crippen MR) is 87.6 cm³/mol. The Kier molecular flexibility index (Phi) is 5.98. The zero-order chi connectivity index (χ0) is 16.8. The minimum Gasteiger partial charge on any atom is -0.445 e. The summed E-state index contributed by atoms with van der Waals surface area (Å²) in [7, 11) is 1.72. The van der Waals surface area contributed by atoms with Gasteiger partial charge >= 0.3 is 6.09 Å². The van der Waals surface area contributed by atoms with Gasteiger partial charge in [0.2, 0.25) is 5.91 Å². The maximum atomic E-state index is 12.3. The number of carbonyl (C=O) groups is 2. The molecule has 1 aliphatic heterocycles. The number of nitrogens with zero attached hydrogens (tertiary/aromatic N) is 2. The highest BCUT2D eigenvalue weighted by atomic mass is 16.6. The van der Waals surface area contributed by atoms with Crippen LogP contribution in [0.3, 0.4) is 0 Å². The number of likely N-dealkylation sites (tertiary alicyclic amines) is 1. The van der Waals surface area contributed by atoms with Crippen molar-refractivity contribution in [1.82, 2.24) is 9.80 Å². The fraction of sp³-hybridized carbons (Fsp3) is 0.529. The first kappa shape index (κ1) is 17.3. The second kappa shape index (κ2) is 7.97. The molecule has 1 aromatic carbocycles. The molecule has 2 amide bonds. The molecule has 23 heavy (non-hydrogen) atoms.